The maximum atomic E-state index is 12.5. The van der Waals surface area contributed by atoms with Crippen molar-refractivity contribution in [2.24, 2.45) is 34.5 Å². The summed E-state index contributed by atoms with van der Waals surface area (Å²) in [7, 11) is 1.41. The first kappa shape index (κ1) is 37.1. The van der Waals surface area contributed by atoms with Crippen molar-refractivity contribution < 1.29 is 69.0 Å². The van der Waals surface area contributed by atoms with Crippen LogP contribution in [0, 0.1) is 34.5 Å². The van der Waals surface area contributed by atoms with Crippen molar-refractivity contribution in [3.63, 3.8) is 0 Å². The van der Waals surface area contributed by atoms with E-state index in [1.165, 1.54) is 7.11 Å². The van der Waals surface area contributed by atoms with Crippen LogP contribution in [0.5, 0.6) is 0 Å². The highest BCUT2D eigenvalue weighted by Crippen LogP contribution is 2.70. The summed E-state index contributed by atoms with van der Waals surface area (Å²) >= 11 is 0. The fourth-order valence-corrected chi connectivity index (χ4v) is 11.7. The molecule has 2 saturated heterocycles. The Hall–Kier alpha value is -1.27. The Morgan fingerprint density at radius 2 is 1.62 bits per heavy atom. The van der Waals surface area contributed by atoms with E-state index in [2.05, 4.69) is 6.92 Å². The van der Waals surface area contributed by atoms with E-state index >= 15 is 0 Å². The molecule has 284 valence electrons. The molecule has 14 nitrogen and oxygen atoms in total. The Kier molecular flexibility index (Phi) is 10.3. The van der Waals surface area contributed by atoms with Crippen LogP contribution in [-0.2, 0) is 33.2 Å². The van der Waals surface area contributed by atoms with Crippen LogP contribution in [0.4, 0.5) is 0 Å². The van der Waals surface area contributed by atoms with Crippen molar-refractivity contribution >= 4 is 5.97 Å². The van der Waals surface area contributed by atoms with E-state index in [0.717, 1.165) is 44.1 Å². The van der Waals surface area contributed by atoms with E-state index < -0.39 is 73.6 Å². The van der Waals surface area contributed by atoms with Gasteiger partial charge in [0, 0.05) is 25.2 Å². The second-order valence-corrected chi connectivity index (χ2v) is 16.4. The highest BCUT2D eigenvalue weighted by atomic mass is 16.7. The predicted molar refractivity (Wildman–Crippen MR) is 172 cm³/mol. The minimum absolute atomic E-state index is 0.0393. The van der Waals surface area contributed by atoms with Gasteiger partial charge in [0.2, 0.25) is 0 Å². The predicted octanol–water partition coefficient (Wildman–Crippen LogP) is -0.0932. The van der Waals surface area contributed by atoms with Gasteiger partial charge in [-0.15, -0.1) is 0 Å². The molecule has 3 aliphatic heterocycles. The number of ether oxygens (including phenoxy) is 6. The first-order valence-electron chi connectivity index (χ1n) is 18.5. The molecule has 0 aromatic heterocycles. The number of rotatable bonds is 8. The first-order valence-corrected chi connectivity index (χ1v) is 18.5. The maximum absolute atomic E-state index is 12.5. The van der Waals surface area contributed by atoms with E-state index in [-0.39, 0.29) is 53.2 Å². The van der Waals surface area contributed by atoms with Gasteiger partial charge in [0.15, 0.2) is 12.6 Å². The van der Waals surface area contributed by atoms with Gasteiger partial charge in [-0.1, -0.05) is 6.92 Å². The van der Waals surface area contributed by atoms with E-state index in [1.54, 1.807) is 13.0 Å². The molecule has 7 N–H and O–H groups in total. The van der Waals surface area contributed by atoms with Gasteiger partial charge in [-0.05, 0) is 99.4 Å². The summed E-state index contributed by atoms with van der Waals surface area (Å²) in [4.78, 5) is 11.9. The summed E-state index contributed by atoms with van der Waals surface area (Å²) in [6.45, 7) is 3.65. The van der Waals surface area contributed by atoms with Crippen molar-refractivity contribution in [3.8, 4) is 0 Å². The number of carbonyl (C=O) groups excluding carboxylic acids is 1. The highest BCUT2D eigenvalue weighted by molar-refractivity contribution is 5.85. The van der Waals surface area contributed by atoms with Crippen LogP contribution in [0.2, 0.25) is 0 Å². The molecule has 4 aliphatic carbocycles. The topological polar surface area (TPSA) is 214 Å². The number of aliphatic hydroxyl groups excluding tert-OH is 6. The van der Waals surface area contributed by atoms with Crippen LogP contribution in [0.15, 0.2) is 11.6 Å². The number of hydrogen-bond donors (Lipinski definition) is 7. The molecule has 0 unspecified atom stereocenters. The Morgan fingerprint density at radius 1 is 0.860 bits per heavy atom. The molecule has 0 aromatic carbocycles. The van der Waals surface area contributed by atoms with Crippen molar-refractivity contribution in [1.29, 1.82) is 0 Å². The quantitative estimate of drug-likeness (QED) is 0.129. The molecule has 3 heterocycles. The Balaban J connectivity index is 1.01. The lowest BCUT2D eigenvalue weighted by atomic mass is 9.43. The van der Waals surface area contributed by atoms with E-state index in [0.29, 0.717) is 25.9 Å². The van der Waals surface area contributed by atoms with Gasteiger partial charge < -0.3 is 64.2 Å². The van der Waals surface area contributed by atoms with Crippen LogP contribution in [0.1, 0.15) is 71.6 Å². The molecule has 18 atom stereocenters. The van der Waals surface area contributed by atoms with Crippen LogP contribution in [0.25, 0.3) is 0 Å². The summed E-state index contributed by atoms with van der Waals surface area (Å²) < 4.78 is 35.0. The molecule has 0 bridgehead atoms. The van der Waals surface area contributed by atoms with Crippen molar-refractivity contribution in [1.82, 2.24) is 0 Å². The lowest BCUT2D eigenvalue weighted by Gasteiger charge is -2.64. The number of fused-ring (bicyclic) bond motifs is 5. The van der Waals surface area contributed by atoms with Gasteiger partial charge in [0.25, 0.3) is 0 Å². The molecule has 7 rings (SSSR count). The standard InChI is InChI=1S/C36H56O14/c1-17-30(50-32-28(42)27(41)26(40)24(14-37)49-32)31(45-3)29(43)33(47-17)48-20-6-10-35(16-38)19(13-20)4-5-23-22(35)7-9-34(2)21(8-11-36(23,34)44)18-12-25(39)46-15-18/h12,17,19-24,26-33,37-38,40-44H,4-11,13-16H2,1-3H3/t17-,19+,20-,21+,22-,23+,24-,26-,27+,28-,29+,30-,31-,32+,33-,34+,35+,36-/m1/s1. The van der Waals surface area contributed by atoms with Gasteiger partial charge in [-0.3, -0.25) is 0 Å². The third-order valence-electron chi connectivity index (χ3n) is 14.4. The molecule has 0 aromatic rings. The Labute approximate surface area is 292 Å². The zero-order chi connectivity index (χ0) is 35.7. The lowest BCUT2D eigenvalue weighted by Crippen LogP contribution is -2.65. The van der Waals surface area contributed by atoms with Crippen LogP contribution in [0.3, 0.4) is 0 Å². The number of cyclic esters (lactones) is 1. The largest absolute Gasteiger partial charge is 0.458 e. The van der Waals surface area contributed by atoms with E-state index in [4.69, 9.17) is 28.4 Å². The molecule has 0 amide bonds. The number of aliphatic hydroxyl groups is 7. The molecule has 50 heavy (non-hydrogen) atoms. The maximum Gasteiger partial charge on any atom is 0.331 e. The smallest absolute Gasteiger partial charge is 0.331 e. The minimum Gasteiger partial charge on any atom is -0.458 e. The summed E-state index contributed by atoms with van der Waals surface area (Å²) in [5.74, 6) is 0.188. The van der Waals surface area contributed by atoms with Crippen molar-refractivity contribution in [2.45, 2.75) is 145 Å². The van der Waals surface area contributed by atoms with Crippen molar-refractivity contribution in [2.75, 3.05) is 26.9 Å². The van der Waals surface area contributed by atoms with Gasteiger partial charge in [0.1, 0.15) is 49.3 Å². The third kappa shape index (κ3) is 5.72. The van der Waals surface area contributed by atoms with Gasteiger partial charge in [-0.2, -0.15) is 0 Å². The van der Waals surface area contributed by atoms with Gasteiger partial charge in [-0.25, -0.2) is 4.79 Å². The zero-order valence-electron chi connectivity index (χ0n) is 29.2. The van der Waals surface area contributed by atoms with Gasteiger partial charge >= 0.3 is 5.97 Å². The third-order valence-corrected chi connectivity index (χ3v) is 14.4. The molecular weight excluding hydrogens is 656 g/mol. The fraction of sp³-hybridized carbons (Fsp3) is 0.917. The normalized spacial score (nSPS) is 53.6. The van der Waals surface area contributed by atoms with Crippen LogP contribution in [-0.4, -0.2) is 142 Å². The van der Waals surface area contributed by atoms with Crippen LogP contribution >= 0.6 is 0 Å². The minimum atomic E-state index is -1.62. The fourth-order valence-electron chi connectivity index (χ4n) is 11.7. The average Bonchev–Trinajstić information content (AvgIpc) is 3.65. The molecule has 14 heteroatoms. The molecular formula is C36H56O14. The molecule has 6 fully saturated rings. The molecule has 0 radical (unpaired) electrons. The number of esters is 1. The molecule has 4 saturated carbocycles. The lowest BCUT2D eigenvalue weighted by molar-refractivity contribution is -0.362. The number of methoxy groups -OCH3 is 1. The highest BCUT2D eigenvalue weighted by Gasteiger charge is 2.68. The van der Waals surface area contributed by atoms with E-state index in [9.17, 15) is 40.5 Å². The van der Waals surface area contributed by atoms with E-state index in [1.807, 2.05) is 0 Å². The summed E-state index contributed by atoms with van der Waals surface area (Å²) in [5.41, 5.74) is -0.584. The monoisotopic (exact) mass is 712 g/mol. The SMILES string of the molecule is CO[C@@H]1[C@H](O)[C@@H](O[C@@H]2CC[C@]3(CO)[C@@H](CC[C@H]4[C@H]3CC[C@@]3(C)[C@H](C5=CC(=O)OC5)CC[C@@]43O)C2)O[C@H](C)[C@H]1O[C@@H]1O[C@H](CO)[C@@H](O)[C@H](O)[C@H]1O. The second-order valence-electron chi connectivity index (χ2n) is 16.4. The first-order chi connectivity index (χ1) is 23.8. The number of carbonyl (C=O) groups is 1. The van der Waals surface area contributed by atoms with Crippen molar-refractivity contribution in [3.05, 3.63) is 11.6 Å². The molecule has 7 aliphatic rings. The summed E-state index contributed by atoms with van der Waals surface area (Å²) in [5, 5.41) is 75.5. The zero-order valence-corrected chi connectivity index (χ0v) is 29.2. The Bertz CT molecular complexity index is 1280. The molecule has 0 spiro atoms. The second kappa shape index (κ2) is 13.9. The van der Waals surface area contributed by atoms with Gasteiger partial charge in [0.05, 0.1) is 24.4 Å². The van der Waals surface area contributed by atoms with Crippen LogP contribution < -0.4 is 0 Å². The average molecular weight is 713 g/mol. The summed E-state index contributed by atoms with van der Waals surface area (Å²) in [6.07, 6.45) is -3.94. The summed E-state index contributed by atoms with van der Waals surface area (Å²) in [6, 6.07) is 0. The number of hydrogen-bond acceptors (Lipinski definition) is 14. The Morgan fingerprint density at radius 3 is 2.30 bits per heavy atom.